The molecule has 0 bridgehead atoms. The van der Waals surface area contributed by atoms with E-state index in [0.717, 1.165) is 11.1 Å². The SMILES string of the molecule is Fc1ccc(CN2CCC(F)(F)C(CCc3ccccc3)C2)c(Cl)c1. The van der Waals surface area contributed by atoms with Gasteiger partial charge in [0.1, 0.15) is 5.82 Å². The summed E-state index contributed by atoms with van der Waals surface area (Å²) in [5.74, 6) is -3.71. The maximum absolute atomic E-state index is 14.3. The summed E-state index contributed by atoms with van der Waals surface area (Å²) in [4.78, 5) is 1.99. The fourth-order valence-corrected chi connectivity index (χ4v) is 3.60. The molecule has 0 saturated carbocycles. The maximum atomic E-state index is 14.3. The lowest BCUT2D eigenvalue weighted by atomic mass is 9.88. The van der Waals surface area contributed by atoms with E-state index in [0.29, 0.717) is 37.5 Å². The molecule has 0 N–H and O–H groups in total. The van der Waals surface area contributed by atoms with Crippen molar-refractivity contribution >= 4 is 11.6 Å². The van der Waals surface area contributed by atoms with E-state index in [9.17, 15) is 13.2 Å². The van der Waals surface area contributed by atoms with Crippen molar-refractivity contribution in [3.05, 3.63) is 70.5 Å². The minimum atomic E-state index is -2.64. The van der Waals surface area contributed by atoms with Crippen LogP contribution in [0.3, 0.4) is 0 Å². The third-order valence-corrected chi connectivity index (χ3v) is 5.22. The highest BCUT2D eigenvalue weighted by molar-refractivity contribution is 6.31. The van der Waals surface area contributed by atoms with Gasteiger partial charge >= 0.3 is 0 Å². The van der Waals surface area contributed by atoms with Gasteiger partial charge in [0.05, 0.1) is 0 Å². The van der Waals surface area contributed by atoms with Crippen molar-refractivity contribution in [3.63, 3.8) is 0 Å². The number of hydrogen-bond donors (Lipinski definition) is 0. The van der Waals surface area contributed by atoms with Crippen LogP contribution in [0.1, 0.15) is 24.0 Å². The highest BCUT2D eigenvalue weighted by Gasteiger charge is 2.43. The first-order valence-electron chi connectivity index (χ1n) is 8.52. The van der Waals surface area contributed by atoms with Crippen LogP contribution >= 0.6 is 11.6 Å². The number of aryl methyl sites for hydroxylation is 1. The average Bonchev–Trinajstić information content (AvgIpc) is 2.58. The second-order valence-electron chi connectivity index (χ2n) is 6.70. The van der Waals surface area contributed by atoms with Crippen LogP contribution in [0.2, 0.25) is 5.02 Å². The molecule has 0 aromatic heterocycles. The topological polar surface area (TPSA) is 3.24 Å². The zero-order chi connectivity index (χ0) is 17.9. The molecule has 25 heavy (non-hydrogen) atoms. The van der Waals surface area contributed by atoms with Crippen molar-refractivity contribution in [2.45, 2.75) is 31.7 Å². The molecular weight excluding hydrogens is 347 g/mol. The van der Waals surface area contributed by atoms with Crippen LogP contribution in [-0.2, 0) is 13.0 Å². The number of halogens is 4. The first-order valence-corrected chi connectivity index (χ1v) is 8.90. The predicted octanol–water partition coefficient (Wildman–Crippen LogP) is 5.57. The van der Waals surface area contributed by atoms with Gasteiger partial charge in [-0.25, -0.2) is 13.2 Å². The summed E-state index contributed by atoms with van der Waals surface area (Å²) >= 11 is 6.07. The van der Waals surface area contributed by atoms with E-state index < -0.39 is 11.8 Å². The normalized spacial score (nSPS) is 20.6. The summed E-state index contributed by atoms with van der Waals surface area (Å²) in [6.07, 6.45) is 0.947. The van der Waals surface area contributed by atoms with E-state index >= 15 is 0 Å². The first-order chi connectivity index (χ1) is 11.9. The van der Waals surface area contributed by atoms with Crippen LogP contribution in [0.25, 0.3) is 0 Å². The molecule has 3 rings (SSSR count). The highest BCUT2D eigenvalue weighted by atomic mass is 35.5. The van der Waals surface area contributed by atoms with Gasteiger partial charge in [0.2, 0.25) is 0 Å². The number of likely N-dealkylation sites (tertiary alicyclic amines) is 1. The van der Waals surface area contributed by atoms with E-state index in [1.807, 2.05) is 35.2 Å². The van der Waals surface area contributed by atoms with Gasteiger partial charge < -0.3 is 0 Å². The average molecular weight is 368 g/mol. The van der Waals surface area contributed by atoms with Gasteiger partial charge in [-0.2, -0.15) is 0 Å². The summed E-state index contributed by atoms with van der Waals surface area (Å²) in [5.41, 5.74) is 1.85. The van der Waals surface area contributed by atoms with E-state index in [2.05, 4.69) is 0 Å². The minimum Gasteiger partial charge on any atom is -0.298 e. The molecule has 1 nitrogen and oxygen atoms in total. The van der Waals surface area contributed by atoms with Crippen molar-refractivity contribution in [2.75, 3.05) is 13.1 Å². The minimum absolute atomic E-state index is 0.148. The van der Waals surface area contributed by atoms with Gasteiger partial charge in [-0.05, 0) is 36.1 Å². The second kappa shape index (κ2) is 7.79. The Morgan fingerprint density at radius 3 is 2.60 bits per heavy atom. The van der Waals surface area contributed by atoms with Crippen LogP contribution < -0.4 is 0 Å². The molecule has 1 unspecified atom stereocenters. The number of nitrogens with zero attached hydrogens (tertiary/aromatic N) is 1. The Kier molecular flexibility index (Phi) is 5.70. The van der Waals surface area contributed by atoms with Crippen LogP contribution in [0, 0.1) is 11.7 Å². The molecule has 2 aromatic carbocycles. The maximum Gasteiger partial charge on any atom is 0.253 e. The van der Waals surface area contributed by atoms with E-state index in [4.69, 9.17) is 11.6 Å². The van der Waals surface area contributed by atoms with Crippen LogP contribution in [0.5, 0.6) is 0 Å². The summed E-state index contributed by atoms with van der Waals surface area (Å²) in [5, 5.41) is 0.346. The molecule has 1 aliphatic heterocycles. The Hall–Kier alpha value is -1.52. The molecule has 1 heterocycles. The van der Waals surface area contributed by atoms with Gasteiger partial charge in [0.25, 0.3) is 5.92 Å². The Balaban J connectivity index is 1.63. The fourth-order valence-electron chi connectivity index (χ4n) is 3.37. The third kappa shape index (κ3) is 4.77. The zero-order valence-electron chi connectivity index (χ0n) is 13.9. The standard InChI is InChI=1S/C20H21ClF3N/c21-19-12-18(22)9-7-16(19)13-25-11-10-20(23,24)17(14-25)8-6-15-4-2-1-3-5-15/h1-5,7,9,12,17H,6,8,10-11,13-14H2. The second-order valence-corrected chi connectivity index (χ2v) is 7.11. The summed E-state index contributed by atoms with van der Waals surface area (Å²) in [6.45, 7) is 1.12. The van der Waals surface area contributed by atoms with Crippen molar-refractivity contribution in [1.82, 2.24) is 4.90 Å². The number of piperidine rings is 1. The third-order valence-electron chi connectivity index (χ3n) is 4.87. The molecular formula is C20H21ClF3N. The molecule has 5 heteroatoms. The number of alkyl halides is 2. The highest BCUT2D eigenvalue weighted by Crippen LogP contribution is 2.37. The number of hydrogen-bond acceptors (Lipinski definition) is 1. The molecule has 1 fully saturated rings. The Morgan fingerprint density at radius 1 is 1.12 bits per heavy atom. The largest absolute Gasteiger partial charge is 0.298 e. The first kappa shape index (κ1) is 18.3. The van der Waals surface area contributed by atoms with Crippen LogP contribution in [0.15, 0.2) is 48.5 Å². The van der Waals surface area contributed by atoms with E-state index in [1.165, 1.54) is 12.1 Å². The van der Waals surface area contributed by atoms with Crippen molar-refractivity contribution < 1.29 is 13.2 Å². The molecule has 0 amide bonds. The Labute approximate surface area is 151 Å². The van der Waals surface area contributed by atoms with Crippen molar-refractivity contribution in [2.24, 2.45) is 5.92 Å². The zero-order valence-corrected chi connectivity index (χ0v) is 14.7. The van der Waals surface area contributed by atoms with Crippen molar-refractivity contribution in [1.29, 1.82) is 0 Å². The molecule has 1 atom stereocenters. The van der Waals surface area contributed by atoms with Gasteiger partial charge in [-0.15, -0.1) is 0 Å². The summed E-state index contributed by atoms with van der Waals surface area (Å²) in [7, 11) is 0. The van der Waals surface area contributed by atoms with Gasteiger partial charge in [0.15, 0.2) is 0 Å². The molecule has 134 valence electrons. The Bertz CT molecular complexity index is 705. The number of benzene rings is 2. The lowest BCUT2D eigenvalue weighted by Crippen LogP contribution is -2.46. The van der Waals surface area contributed by atoms with Crippen molar-refractivity contribution in [3.8, 4) is 0 Å². The van der Waals surface area contributed by atoms with Crippen LogP contribution in [-0.4, -0.2) is 23.9 Å². The molecule has 0 aliphatic carbocycles. The lowest BCUT2D eigenvalue weighted by Gasteiger charge is -2.38. The van der Waals surface area contributed by atoms with Gasteiger partial charge in [-0.1, -0.05) is 48.0 Å². The Morgan fingerprint density at radius 2 is 1.88 bits per heavy atom. The predicted molar refractivity (Wildman–Crippen MR) is 94.5 cm³/mol. The van der Waals surface area contributed by atoms with Gasteiger partial charge in [0, 0.05) is 37.0 Å². The summed E-state index contributed by atoms with van der Waals surface area (Å²) < 4.78 is 41.8. The molecule has 1 saturated heterocycles. The van der Waals surface area contributed by atoms with E-state index in [-0.39, 0.29) is 12.2 Å². The smallest absolute Gasteiger partial charge is 0.253 e. The quantitative estimate of drug-likeness (QED) is 0.667. The van der Waals surface area contributed by atoms with Crippen LogP contribution in [0.4, 0.5) is 13.2 Å². The van der Waals surface area contributed by atoms with Gasteiger partial charge in [-0.3, -0.25) is 4.90 Å². The monoisotopic (exact) mass is 367 g/mol. The lowest BCUT2D eigenvalue weighted by molar-refractivity contribution is -0.109. The number of rotatable bonds is 5. The summed E-state index contributed by atoms with van der Waals surface area (Å²) in [6, 6.07) is 14.0. The molecule has 2 aromatic rings. The fraction of sp³-hybridized carbons (Fsp3) is 0.400. The van der Waals surface area contributed by atoms with E-state index in [1.54, 1.807) is 6.07 Å². The molecule has 0 radical (unpaired) electrons. The molecule has 1 aliphatic rings. The molecule has 0 spiro atoms.